The average molecular weight is 295 g/mol. The number of nitrogens with one attached hydrogen (secondary N) is 1. The van der Waals surface area contributed by atoms with Gasteiger partial charge in [-0.25, -0.2) is 4.39 Å². The summed E-state index contributed by atoms with van der Waals surface area (Å²) in [5, 5.41) is 12.6. The molecule has 1 fully saturated rings. The number of nitrogens with zero attached hydrogens (tertiary/aromatic N) is 1. The predicted molar refractivity (Wildman–Crippen MR) is 78.3 cm³/mol. The number of nitrogens with two attached hydrogens (primary N) is 1. The van der Waals surface area contributed by atoms with E-state index in [2.05, 4.69) is 5.32 Å². The number of hydrogen-bond donors (Lipinski definition) is 3. The van der Waals surface area contributed by atoms with Gasteiger partial charge in [0.1, 0.15) is 5.82 Å². The van der Waals surface area contributed by atoms with Crippen molar-refractivity contribution < 1.29 is 14.3 Å². The number of primary amides is 1. The summed E-state index contributed by atoms with van der Waals surface area (Å²) in [5.41, 5.74) is 5.96. The van der Waals surface area contributed by atoms with Gasteiger partial charge in [0, 0.05) is 36.8 Å². The Morgan fingerprint density at radius 2 is 2.33 bits per heavy atom. The van der Waals surface area contributed by atoms with Crippen LogP contribution in [0.3, 0.4) is 0 Å². The van der Waals surface area contributed by atoms with Crippen molar-refractivity contribution in [2.45, 2.75) is 25.4 Å². The average Bonchev–Trinajstić information content (AvgIpc) is 2.94. The van der Waals surface area contributed by atoms with Gasteiger partial charge >= 0.3 is 0 Å². The molecule has 4 N–H and O–H groups in total. The maximum Gasteiger partial charge on any atom is 0.248 e. The molecular weight excluding hydrogens is 273 g/mol. The van der Waals surface area contributed by atoms with Crippen LogP contribution in [0.5, 0.6) is 0 Å². The molecule has 1 heterocycles. The lowest BCUT2D eigenvalue weighted by atomic mass is 10.1. The molecular formula is C15H22FN3O2. The zero-order chi connectivity index (χ0) is 15.2. The first-order valence-corrected chi connectivity index (χ1v) is 7.25. The highest BCUT2D eigenvalue weighted by atomic mass is 19.1. The highest BCUT2D eigenvalue weighted by molar-refractivity contribution is 5.92. The van der Waals surface area contributed by atoms with E-state index < -0.39 is 5.91 Å². The van der Waals surface area contributed by atoms with E-state index in [1.54, 1.807) is 0 Å². The van der Waals surface area contributed by atoms with Crippen molar-refractivity contribution in [1.82, 2.24) is 10.2 Å². The summed E-state index contributed by atoms with van der Waals surface area (Å²) in [5.74, 6) is -0.926. The van der Waals surface area contributed by atoms with Crippen molar-refractivity contribution in [3.63, 3.8) is 0 Å². The Kier molecular flexibility index (Phi) is 5.67. The normalized spacial score (nSPS) is 18.3. The summed E-state index contributed by atoms with van der Waals surface area (Å²) in [4.78, 5) is 13.2. The quantitative estimate of drug-likeness (QED) is 0.683. The number of benzene rings is 1. The molecule has 5 nitrogen and oxygen atoms in total. The van der Waals surface area contributed by atoms with E-state index in [0.717, 1.165) is 25.9 Å². The van der Waals surface area contributed by atoms with Gasteiger partial charge < -0.3 is 16.2 Å². The van der Waals surface area contributed by atoms with Crippen molar-refractivity contribution in [3.05, 3.63) is 35.1 Å². The minimum absolute atomic E-state index is 0.0177. The lowest BCUT2D eigenvalue weighted by Crippen LogP contribution is -2.38. The summed E-state index contributed by atoms with van der Waals surface area (Å²) < 4.78 is 13.9. The zero-order valence-corrected chi connectivity index (χ0v) is 12.0. The summed E-state index contributed by atoms with van der Waals surface area (Å²) in [6.45, 7) is 2.60. The SMILES string of the molecule is NC(=O)c1ccc(F)c(CN(CCO)CC2CCCN2)c1. The number of amides is 1. The van der Waals surface area contributed by atoms with Gasteiger partial charge in [-0.1, -0.05) is 0 Å². The highest BCUT2D eigenvalue weighted by Gasteiger charge is 2.19. The molecule has 1 aliphatic rings. The summed E-state index contributed by atoms with van der Waals surface area (Å²) >= 11 is 0. The second-order valence-electron chi connectivity index (χ2n) is 5.42. The molecule has 116 valence electrons. The van der Waals surface area contributed by atoms with E-state index in [4.69, 9.17) is 5.73 Å². The second kappa shape index (κ2) is 7.49. The van der Waals surface area contributed by atoms with Crippen LogP contribution >= 0.6 is 0 Å². The number of aliphatic hydroxyl groups is 1. The molecule has 1 aromatic rings. The summed E-state index contributed by atoms with van der Waals surface area (Å²) in [6.07, 6.45) is 2.23. The van der Waals surface area contributed by atoms with Gasteiger partial charge in [-0.2, -0.15) is 0 Å². The Morgan fingerprint density at radius 1 is 1.52 bits per heavy atom. The van der Waals surface area contributed by atoms with Gasteiger partial charge in [-0.3, -0.25) is 9.69 Å². The van der Waals surface area contributed by atoms with Gasteiger partial charge in [0.25, 0.3) is 0 Å². The van der Waals surface area contributed by atoms with E-state index in [1.807, 2.05) is 4.90 Å². The Morgan fingerprint density at radius 3 is 2.95 bits per heavy atom. The third-order valence-corrected chi connectivity index (χ3v) is 3.78. The number of carbonyl (C=O) groups excluding carboxylic acids is 1. The Balaban J connectivity index is 2.07. The number of halogens is 1. The van der Waals surface area contributed by atoms with Crippen LogP contribution in [0.1, 0.15) is 28.8 Å². The lowest BCUT2D eigenvalue weighted by molar-refractivity contribution is 0.1000. The van der Waals surface area contributed by atoms with Gasteiger partial charge in [0.2, 0.25) is 5.91 Å². The van der Waals surface area contributed by atoms with E-state index in [1.165, 1.54) is 18.2 Å². The van der Waals surface area contributed by atoms with Crippen LogP contribution in [0.2, 0.25) is 0 Å². The van der Waals surface area contributed by atoms with Crippen LogP contribution in [-0.4, -0.2) is 48.2 Å². The van der Waals surface area contributed by atoms with E-state index in [-0.39, 0.29) is 12.4 Å². The fourth-order valence-corrected chi connectivity index (χ4v) is 2.69. The maximum absolute atomic E-state index is 13.9. The molecule has 0 saturated carbocycles. The largest absolute Gasteiger partial charge is 0.395 e. The Bertz CT molecular complexity index is 490. The summed E-state index contributed by atoms with van der Waals surface area (Å²) in [6, 6.07) is 4.51. The molecule has 0 radical (unpaired) electrons. The van der Waals surface area contributed by atoms with E-state index in [0.29, 0.717) is 30.3 Å². The van der Waals surface area contributed by atoms with Crippen LogP contribution in [0.15, 0.2) is 18.2 Å². The first-order valence-electron chi connectivity index (χ1n) is 7.25. The molecule has 0 bridgehead atoms. The number of rotatable bonds is 7. The summed E-state index contributed by atoms with van der Waals surface area (Å²) in [7, 11) is 0. The fraction of sp³-hybridized carbons (Fsp3) is 0.533. The van der Waals surface area contributed by atoms with Crippen molar-refractivity contribution in [1.29, 1.82) is 0 Å². The first-order chi connectivity index (χ1) is 10.1. The molecule has 1 aliphatic heterocycles. The van der Waals surface area contributed by atoms with Gasteiger partial charge in [0.15, 0.2) is 0 Å². The Labute approximate surface area is 123 Å². The van der Waals surface area contributed by atoms with Crippen molar-refractivity contribution in [3.8, 4) is 0 Å². The second-order valence-corrected chi connectivity index (χ2v) is 5.42. The molecule has 1 aromatic carbocycles. The van der Waals surface area contributed by atoms with Gasteiger partial charge in [0.05, 0.1) is 6.61 Å². The lowest BCUT2D eigenvalue weighted by Gasteiger charge is -2.25. The number of aliphatic hydroxyl groups excluding tert-OH is 1. The van der Waals surface area contributed by atoms with Crippen LogP contribution < -0.4 is 11.1 Å². The minimum Gasteiger partial charge on any atom is -0.395 e. The van der Waals surface area contributed by atoms with Gasteiger partial charge in [-0.05, 0) is 37.6 Å². The maximum atomic E-state index is 13.9. The molecule has 1 amide bonds. The zero-order valence-electron chi connectivity index (χ0n) is 12.0. The molecule has 1 unspecified atom stereocenters. The van der Waals surface area contributed by atoms with Crippen LogP contribution in [0.25, 0.3) is 0 Å². The van der Waals surface area contributed by atoms with Crippen molar-refractivity contribution >= 4 is 5.91 Å². The minimum atomic E-state index is -0.567. The first kappa shape index (κ1) is 15.9. The fourth-order valence-electron chi connectivity index (χ4n) is 2.69. The third kappa shape index (κ3) is 4.49. The molecule has 1 atom stereocenters. The standard InChI is InChI=1S/C15H22FN3O2/c16-14-4-3-11(15(17)21)8-12(14)9-19(6-7-20)10-13-2-1-5-18-13/h3-4,8,13,18,20H,1-2,5-7,9-10H2,(H2,17,21). The van der Waals surface area contributed by atoms with Crippen LogP contribution in [0, 0.1) is 5.82 Å². The van der Waals surface area contributed by atoms with Crippen LogP contribution in [-0.2, 0) is 6.54 Å². The van der Waals surface area contributed by atoms with Crippen molar-refractivity contribution in [2.75, 3.05) is 26.2 Å². The van der Waals surface area contributed by atoms with Crippen LogP contribution in [0.4, 0.5) is 4.39 Å². The van der Waals surface area contributed by atoms with E-state index >= 15 is 0 Å². The van der Waals surface area contributed by atoms with Gasteiger partial charge in [-0.15, -0.1) is 0 Å². The molecule has 6 heteroatoms. The number of hydrogen-bond acceptors (Lipinski definition) is 4. The molecule has 2 rings (SSSR count). The smallest absolute Gasteiger partial charge is 0.248 e. The molecule has 0 aromatic heterocycles. The number of carbonyl (C=O) groups is 1. The Hall–Kier alpha value is -1.50. The molecule has 1 saturated heterocycles. The third-order valence-electron chi connectivity index (χ3n) is 3.78. The molecule has 0 aliphatic carbocycles. The topological polar surface area (TPSA) is 78.6 Å². The predicted octanol–water partition coefficient (Wildman–Crippen LogP) is 0.471. The molecule has 21 heavy (non-hydrogen) atoms. The monoisotopic (exact) mass is 295 g/mol. The molecule has 0 spiro atoms. The van der Waals surface area contributed by atoms with E-state index in [9.17, 15) is 14.3 Å². The van der Waals surface area contributed by atoms with Crippen molar-refractivity contribution in [2.24, 2.45) is 5.73 Å². The highest BCUT2D eigenvalue weighted by Crippen LogP contribution is 2.15.